The molecule has 1 aliphatic rings. The highest BCUT2D eigenvalue weighted by atomic mass is 16.2. The van der Waals surface area contributed by atoms with Gasteiger partial charge >= 0.3 is 0 Å². The Bertz CT molecular complexity index is 1010. The molecule has 0 saturated heterocycles. The summed E-state index contributed by atoms with van der Waals surface area (Å²) in [6.07, 6.45) is 3.46. The number of anilines is 2. The number of para-hydroxylation sites is 2. The lowest BCUT2D eigenvalue weighted by atomic mass is 10.1. The number of allylic oxidation sites excluding steroid dienone is 1. The highest BCUT2D eigenvalue weighted by Gasteiger charge is 2.31. The first kappa shape index (κ1) is 22.0. The van der Waals surface area contributed by atoms with Gasteiger partial charge in [0.15, 0.2) is 5.78 Å². The second-order valence-corrected chi connectivity index (χ2v) is 7.82. The number of Topliss-reactive ketones (excluding diaryl/α,β-unsaturated/α-hetero) is 1. The molecule has 3 rings (SSSR count). The van der Waals surface area contributed by atoms with E-state index in [4.69, 9.17) is 0 Å². The number of nitriles is 1. The fraction of sp³-hybridized carbons (Fsp3) is 0.333. The number of pyridine rings is 1. The molecule has 0 aliphatic carbocycles. The molecule has 0 fully saturated rings. The molecule has 0 N–H and O–H groups in total. The largest absolute Gasteiger partial charge is 0.336 e. The summed E-state index contributed by atoms with van der Waals surface area (Å²) >= 11 is 0. The van der Waals surface area contributed by atoms with Gasteiger partial charge in [-0.15, -0.1) is 0 Å². The van der Waals surface area contributed by atoms with Gasteiger partial charge in [0.2, 0.25) is 5.91 Å². The number of carbonyl (C=O) groups is 2. The number of ketones is 1. The predicted octanol–water partition coefficient (Wildman–Crippen LogP) is 3.49. The molecule has 0 radical (unpaired) electrons. The van der Waals surface area contributed by atoms with Gasteiger partial charge in [-0.25, -0.2) is 0 Å². The van der Waals surface area contributed by atoms with Crippen molar-refractivity contribution in [2.24, 2.45) is 0 Å². The van der Waals surface area contributed by atoms with Gasteiger partial charge < -0.3 is 14.7 Å². The second-order valence-electron chi connectivity index (χ2n) is 7.82. The van der Waals surface area contributed by atoms with Gasteiger partial charge in [0.1, 0.15) is 17.5 Å². The molecule has 0 saturated carbocycles. The van der Waals surface area contributed by atoms with Crippen LogP contribution >= 0.6 is 0 Å². The summed E-state index contributed by atoms with van der Waals surface area (Å²) in [5.41, 5.74) is 2.86. The van der Waals surface area contributed by atoms with E-state index >= 15 is 0 Å². The summed E-state index contributed by atoms with van der Waals surface area (Å²) in [5.74, 6) is 0.0885. The summed E-state index contributed by atoms with van der Waals surface area (Å²) in [5, 5.41) is 9.74. The van der Waals surface area contributed by atoms with Gasteiger partial charge in [-0.3, -0.25) is 14.6 Å². The number of carbonyl (C=O) groups excluding carboxylic acids is 2. The first-order valence-electron chi connectivity index (χ1n) is 10.3. The fourth-order valence-electron chi connectivity index (χ4n) is 3.79. The summed E-state index contributed by atoms with van der Waals surface area (Å²) in [6.45, 7) is 4.32. The molecule has 2 heterocycles. The maximum Gasteiger partial charge on any atom is 0.223 e. The molecular weight excluding hydrogens is 390 g/mol. The molecule has 2 aromatic rings. The van der Waals surface area contributed by atoms with Crippen molar-refractivity contribution in [2.45, 2.75) is 39.3 Å². The topological polar surface area (TPSA) is 80.5 Å². The quantitative estimate of drug-likeness (QED) is 0.507. The number of hydrogen-bond acceptors (Lipinski definition) is 6. The number of benzene rings is 1. The Hall–Kier alpha value is -3.66. The van der Waals surface area contributed by atoms with Crippen LogP contribution in [0.5, 0.6) is 0 Å². The molecule has 1 aromatic heterocycles. The minimum Gasteiger partial charge on any atom is -0.336 e. The van der Waals surface area contributed by atoms with Crippen LogP contribution in [0.25, 0.3) is 0 Å². The Morgan fingerprint density at radius 2 is 1.71 bits per heavy atom. The van der Waals surface area contributed by atoms with E-state index < -0.39 is 0 Å². The molecule has 1 aromatic carbocycles. The van der Waals surface area contributed by atoms with Crippen molar-refractivity contribution >= 4 is 23.1 Å². The van der Waals surface area contributed by atoms with Gasteiger partial charge in [-0.2, -0.15) is 5.26 Å². The predicted molar refractivity (Wildman–Crippen MR) is 120 cm³/mol. The Morgan fingerprint density at radius 3 is 2.23 bits per heavy atom. The Morgan fingerprint density at radius 1 is 1.06 bits per heavy atom. The molecule has 7 nitrogen and oxygen atoms in total. The van der Waals surface area contributed by atoms with E-state index in [1.165, 1.54) is 0 Å². The van der Waals surface area contributed by atoms with Gasteiger partial charge in [0.05, 0.1) is 11.4 Å². The molecule has 1 aliphatic heterocycles. The van der Waals surface area contributed by atoms with E-state index in [1.54, 1.807) is 17.3 Å². The first-order valence-corrected chi connectivity index (χ1v) is 10.3. The number of fused-ring (bicyclic) bond motifs is 1. The minimum atomic E-state index is -0.331. The van der Waals surface area contributed by atoms with E-state index in [2.05, 4.69) is 11.1 Å². The summed E-state index contributed by atoms with van der Waals surface area (Å²) in [7, 11) is 3.67. The molecule has 0 spiro atoms. The van der Waals surface area contributed by atoms with Crippen molar-refractivity contribution in [3.8, 4) is 6.07 Å². The first-order chi connectivity index (χ1) is 14.8. The van der Waals surface area contributed by atoms with Crippen molar-refractivity contribution in [1.29, 1.82) is 5.26 Å². The van der Waals surface area contributed by atoms with E-state index in [0.717, 1.165) is 16.9 Å². The standard InChI is InChI=1S/C24H27N5O2/c1-17(2)29(16-18-8-7-13-26-15-18)23(31)12-11-22(30)19(14-25)24-27(3)20-9-5-6-10-21(20)28(24)4/h5-10,13,15,17H,11-12,16H2,1-4H3. The van der Waals surface area contributed by atoms with Crippen LogP contribution in [0, 0.1) is 11.3 Å². The number of rotatable bonds is 7. The second kappa shape index (κ2) is 9.43. The third-order valence-electron chi connectivity index (χ3n) is 5.44. The number of aromatic nitrogens is 1. The summed E-state index contributed by atoms with van der Waals surface area (Å²) < 4.78 is 0. The van der Waals surface area contributed by atoms with Crippen LogP contribution in [0.2, 0.25) is 0 Å². The normalized spacial score (nSPS) is 12.6. The highest BCUT2D eigenvalue weighted by molar-refractivity contribution is 6.03. The lowest BCUT2D eigenvalue weighted by molar-refractivity contribution is -0.135. The zero-order chi connectivity index (χ0) is 22.5. The molecule has 1 amide bonds. The Balaban J connectivity index is 1.73. The number of hydrogen-bond donors (Lipinski definition) is 0. The van der Waals surface area contributed by atoms with E-state index in [0.29, 0.717) is 12.4 Å². The molecular formula is C24H27N5O2. The van der Waals surface area contributed by atoms with Crippen LogP contribution in [-0.4, -0.2) is 41.7 Å². The van der Waals surface area contributed by atoms with Crippen LogP contribution in [0.4, 0.5) is 11.4 Å². The number of nitrogens with zero attached hydrogens (tertiary/aromatic N) is 5. The molecule has 0 bridgehead atoms. The monoisotopic (exact) mass is 417 g/mol. The fourth-order valence-corrected chi connectivity index (χ4v) is 3.79. The molecule has 31 heavy (non-hydrogen) atoms. The van der Waals surface area contributed by atoms with E-state index in [9.17, 15) is 14.9 Å². The van der Waals surface area contributed by atoms with Crippen LogP contribution in [0.15, 0.2) is 60.2 Å². The van der Waals surface area contributed by atoms with Crippen molar-refractivity contribution in [2.75, 3.05) is 23.9 Å². The van der Waals surface area contributed by atoms with Crippen molar-refractivity contribution in [3.63, 3.8) is 0 Å². The van der Waals surface area contributed by atoms with Crippen molar-refractivity contribution in [3.05, 3.63) is 65.7 Å². The maximum absolute atomic E-state index is 12.9. The van der Waals surface area contributed by atoms with Gasteiger partial charge in [-0.05, 0) is 37.6 Å². The number of amides is 1. The van der Waals surface area contributed by atoms with Crippen LogP contribution in [-0.2, 0) is 16.1 Å². The average molecular weight is 418 g/mol. The van der Waals surface area contributed by atoms with E-state index in [1.807, 2.05) is 74.1 Å². The highest BCUT2D eigenvalue weighted by Crippen LogP contribution is 2.40. The molecule has 160 valence electrons. The van der Waals surface area contributed by atoms with Crippen LogP contribution in [0.1, 0.15) is 32.3 Å². The molecule has 0 unspecified atom stereocenters. The lowest BCUT2D eigenvalue weighted by Crippen LogP contribution is -2.36. The SMILES string of the molecule is CC(C)N(Cc1cccnc1)C(=O)CCC(=O)C(C#N)=C1N(C)c2ccccc2N1C. The van der Waals surface area contributed by atoms with Crippen LogP contribution in [0.3, 0.4) is 0 Å². The smallest absolute Gasteiger partial charge is 0.223 e. The third kappa shape index (κ3) is 4.58. The average Bonchev–Trinajstić information content (AvgIpc) is 3.02. The molecule has 7 heteroatoms. The van der Waals surface area contributed by atoms with E-state index in [-0.39, 0.29) is 36.1 Å². The zero-order valence-electron chi connectivity index (χ0n) is 18.4. The van der Waals surface area contributed by atoms with Crippen molar-refractivity contribution < 1.29 is 9.59 Å². The zero-order valence-corrected chi connectivity index (χ0v) is 18.4. The molecule has 0 atom stereocenters. The Kier molecular flexibility index (Phi) is 6.71. The van der Waals surface area contributed by atoms with Gasteiger partial charge in [0.25, 0.3) is 0 Å². The van der Waals surface area contributed by atoms with Crippen LogP contribution < -0.4 is 9.80 Å². The van der Waals surface area contributed by atoms with Crippen molar-refractivity contribution in [1.82, 2.24) is 9.88 Å². The summed E-state index contributed by atoms with van der Waals surface area (Å²) in [6, 6.07) is 13.5. The van der Waals surface area contributed by atoms with Gasteiger partial charge in [0, 0.05) is 51.9 Å². The minimum absolute atomic E-state index is 0.0144. The lowest BCUT2D eigenvalue weighted by Gasteiger charge is -2.27. The maximum atomic E-state index is 12.9. The third-order valence-corrected chi connectivity index (χ3v) is 5.44. The van der Waals surface area contributed by atoms with Gasteiger partial charge in [-0.1, -0.05) is 18.2 Å². The Labute approximate surface area is 183 Å². The summed E-state index contributed by atoms with van der Waals surface area (Å²) in [4.78, 5) is 35.3.